The normalized spacial score (nSPS) is 15.6. The SMILES string of the molecule is CCC(C)(P)Oc1ccccc1C(C)(C)C. The second kappa shape index (κ2) is 4.75. The lowest BCUT2D eigenvalue weighted by Gasteiger charge is -2.29. The lowest BCUT2D eigenvalue weighted by atomic mass is 9.86. The maximum absolute atomic E-state index is 6.07. The van der Waals surface area contributed by atoms with Crippen molar-refractivity contribution in [3.05, 3.63) is 29.8 Å². The van der Waals surface area contributed by atoms with Gasteiger partial charge in [0.2, 0.25) is 0 Å². The van der Waals surface area contributed by atoms with Crippen LogP contribution in [0.1, 0.15) is 46.6 Å². The van der Waals surface area contributed by atoms with Gasteiger partial charge in [0, 0.05) is 0 Å². The van der Waals surface area contributed by atoms with E-state index in [1.165, 1.54) is 5.56 Å². The van der Waals surface area contributed by atoms with Crippen LogP contribution in [0.15, 0.2) is 24.3 Å². The Morgan fingerprint density at radius 3 is 2.19 bits per heavy atom. The summed E-state index contributed by atoms with van der Waals surface area (Å²) < 4.78 is 6.07. The first kappa shape index (κ1) is 13.5. The van der Waals surface area contributed by atoms with E-state index in [2.05, 4.69) is 62.1 Å². The van der Waals surface area contributed by atoms with E-state index in [4.69, 9.17) is 4.74 Å². The Morgan fingerprint density at radius 1 is 1.12 bits per heavy atom. The van der Waals surface area contributed by atoms with Gasteiger partial charge in [-0.05, 0) is 30.4 Å². The Bertz CT molecular complexity index is 350. The Hall–Kier alpha value is -0.550. The average molecular weight is 238 g/mol. The van der Waals surface area contributed by atoms with E-state index in [1.54, 1.807) is 0 Å². The molecule has 0 saturated heterocycles. The van der Waals surface area contributed by atoms with Crippen molar-refractivity contribution >= 4 is 9.24 Å². The first-order chi connectivity index (χ1) is 7.26. The molecule has 0 aliphatic rings. The molecule has 0 aromatic heterocycles. The molecule has 0 N–H and O–H groups in total. The quantitative estimate of drug-likeness (QED) is 0.711. The number of benzene rings is 1. The van der Waals surface area contributed by atoms with Crippen LogP contribution in [-0.2, 0) is 5.41 Å². The molecular weight excluding hydrogens is 215 g/mol. The minimum absolute atomic E-state index is 0.116. The van der Waals surface area contributed by atoms with Gasteiger partial charge in [-0.3, -0.25) is 0 Å². The van der Waals surface area contributed by atoms with Crippen LogP contribution in [0.2, 0.25) is 0 Å². The number of rotatable bonds is 3. The molecule has 2 unspecified atom stereocenters. The fourth-order valence-corrected chi connectivity index (χ4v) is 1.63. The minimum Gasteiger partial charge on any atom is -0.483 e. The highest BCUT2D eigenvalue weighted by atomic mass is 31.0. The third kappa shape index (κ3) is 3.49. The molecule has 0 saturated carbocycles. The molecule has 0 aliphatic carbocycles. The summed E-state index contributed by atoms with van der Waals surface area (Å²) in [5.41, 5.74) is 1.38. The van der Waals surface area contributed by atoms with Gasteiger partial charge in [0.15, 0.2) is 0 Å². The predicted molar refractivity (Wildman–Crippen MR) is 74.2 cm³/mol. The van der Waals surface area contributed by atoms with E-state index in [0.29, 0.717) is 0 Å². The molecular formula is C14H23OP. The van der Waals surface area contributed by atoms with Crippen LogP contribution in [0, 0.1) is 0 Å². The van der Waals surface area contributed by atoms with Gasteiger partial charge in [-0.15, -0.1) is 0 Å². The summed E-state index contributed by atoms with van der Waals surface area (Å²) in [6, 6.07) is 8.30. The van der Waals surface area contributed by atoms with Gasteiger partial charge in [0.05, 0.1) is 0 Å². The van der Waals surface area contributed by atoms with Crippen LogP contribution in [0.3, 0.4) is 0 Å². The van der Waals surface area contributed by atoms with Crippen LogP contribution in [0.5, 0.6) is 5.75 Å². The molecule has 0 amide bonds. The summed E-state index contributed by atoms with van der Waals surface area (Å²) in [6.07, 6.45) is 0.968. The van der Waals surface area contributed by atoms with E-state index < -0.39 is 0 Å². The number of hydrogen-bond donors (Lipinski definition) is 0. The van der Waals surface area contributed by atoms with Crippen molar-refractivity contribution in [1.29, 1.82) is 0 Å². The molecule has 1 nitrogen and oxygen atoms in total. The Balaban J connectivity index is 3.06. The molecule has 90 valence electrons. The Kier molecular flexibility index (Phi) is 4.02. The molecule has 16 heavy (non-hydrogen) atoms. The van der Waals surface area contributed by atoms with E-state index in [-0.39, 0.29) is 10.8 Å². The monoisotopic (exact) mass is 238 g/mol. The summed E-state index contributed by atoms with van der Waals surface area (Å²) in [7, 11) is 2.78. The van der Waals surface area contributed by atoms with E-state index in [0.717, 1.165) is 12.2 Å². The second-order valence-electron chi connectivity index (χ2n) is 5.51. The fraction of sp³-hybridized carbons (Fsp3) is 0.571. The van der Waals surface area contributed by atoms with Crippen LogP contribution in [0.25, 0.3) is 0 Å². The third-order valence-electron chi connectivity index (χ3n) is 2.74. The zero-order chi connectivity index (χ0) is 12.4. The van der Waals surface area contributed by atoms with Crippen LogP contribution >= 0.6 is 9.24 Å². The summed E-state index contributed by atoms with van der Waals surface area (Å²) >= 11 is 0. The van der Waals surface area contributed by atoms with Gasteiger partial charge >= 0.3 is 0 Å². The molecule has 0 aliphatic heterocycles. The smallest absolute Gasteiger partial charge is 0.124 e. The van der Waals surface area contributed by atoms with Gasteiger partial charge in [0.25, 0.3) is 0 Å². The first-order valence-electron chi connectivity index (χ1n) is 5.83. The zero-order valence-corrected chi connectivity index (χ0v) is 12.2. The van der Waals surface area contributed by atoms with Crippen molar-refractivity contribution < 1.29 is 4.74 Å². The van der Waals surface area contributed by atoms with Gasteiger partial charge in [-0.25, -0.2) is 0 Å². The summed E-state index contributed by atoms with van der Waals surface area (Å²) in [5, 5.41) is -0.179. The fourth-order valence-electron chi connectivity index (χ4n) is 1.50. The second-order valence-corrected chi connectivity index (χ2v) is 6.74. The summed E-state index contributed by atoms with van der Waals surface area (Å²) in [4.78, 5) is 0. The highest BCUT2D eigenvalue weighted by molar-refractivity contribution is 7.18. The third-order valence-corrected chi connectivity index (χ3v) is 3.27. The molecule has 1 aromatic carbocycles. The van der Waals surface area contributed by atoms with Crippen LogP contribution < -0.4 is 4.74 Å². The molecule has 1 aromatic rings. The van der Waals surface area contributed by atoms with E-state index in [1.807, 2.05) is 6.07 Å². The maximum Gasteiger partial charge on any atom is 0.124 e. The largest absolute Gasteiger partial charge is 0.483 e. The summed E-state index contributed by atoms with van der Waals surface area (Å²) in [6.45, 7) is 10.9. The molecule has 2 heteroatoms. The summed E-state index contributed by atoms with van der Waals surface area (Å²) in [5.74, 6) is 0.995. The minimum atomic E-state index is -0.179. The number of para-hydroxylation sites is 1. The van der Waals surface area contributed by atoms with Crippen LogP contribution in [0.4, 0.5) is 0 Å². The highest BCUT2D eigenvalue weighted by Crippen LogP contribution is 2.35. The van der Waals surface area contributed by atoms with Crippen molar-refractivity contribution in [2.45, 2.75) is 51.8 Å². The predicted octanol–water partition coefficient (Wildman–Crippen LogP) is 4.36. The number of ether oxygens (including phenoxy) is 1. The number of hydrogen-bond acceptors (Lipinski definition) is 1. The average Bonchev–Trinajstić information content (AvgIpc) is 2.16. The Labute approximate surface area is 102 Å². The molecule has 0 spiro atoms. The highest BCUT2D eigenvalue weighted by Gasteiger charge is 2.23. The van der Waals surface area contributed by atoms with Gasteiger partial charge in [-0.1, -0.05) is 55.1 Å². The van der Waals surface area contributed by atoms with Crippen molar-refractivity contribution in [2.75, 3.05) is 0 Å². The molecule has 0 fully saturated rings. The molecule has 0 radical (unpaired) electrons. The van der Waals surface area contributed by atoms with Gasteiger partial charge in [-0.2, -0.15) is 0 Å². The molecule has 0 heterocycles. The zero-order valence-electron chi connectivity index (χ0n) is 11.0. The van der Waals surface area contributed by atoms with Crippen molar-refractivity contribution in [1.82, 2.24) is 0 Å². The first-order valence-corrected chi connectivity index (χ1v) is 6.41. The lowest BCUT2D eigenvalue weighted by Crippen LogP contribution is -2.25. The van der Waals surface area contributed by atoms with Crippen molar-refractivity contribution in [3.8, 4) is 5.75 Å². The van der Waals surface area contributed by atoms with Crippen molar-refractivity contribution in [3.63, 3.8) is 0 Å². The molecule has 1 rings (SSSR count). The Morgan fingerprint density at radius 2 is 1.69 bits per heavy atom. The van der Waals surface area contributed by atoms with Crippen molar-refractivity contribution in [2.24, 2.45) is 0 Å². The molecule has 2 atom stereocenters. The molecule has 0 bridgehead atoms. The van der Waals surface area contributed by atoms with E-state index in [9.17, 15) is 0 Å². The maximum atomic E-state index is 6.07. The van der Waals surface area contributed by atoms with Gasteiger partial charge in [0.1, 0.15) is 11.1 Å². The lowest BCUT2D eigenvalue weighted by molar-refractivity contribution is 0.176. The standard InChI is InChI=1S/C14H23OP/c1-6-14(5,16)15-12-10-8-7-9-11(12)13(2,3)4/h7-10H,6,16H2,1-5H3. The van der Waals surface area contributed by atoms with Crippen LogP contribution in [-0.4, -0.2) is 5.34 Å². The van der Waals surface area contributed by atoms with E-state index >= 15 is 0 Å². The van der Waals surface area contributed by atoms with Gasteiger partial charge < -0.3 is 4.74 Å². The topological polar surface area (TPSA) is 9.23 Å².